The Kier molecular flexibility index (Phi) is 4.80. The number of hydrogen-bond donors (Lipinski definition) is 1. The molecule has 1 atom stereocenters. The first-order valence-corrected chi connectivity index (χ1v) is 6.93. The molecule has 5 heteroatoms. The van der Waals surface area contributed by atoms with Gasteiger partial charge in [0.1, 0.15) is 11.9 Å². The molecule has 0 bridgehead atoms. The third kappa shape index (κ3) is 3.08. The Morgan fingerprint density at radius 2 is 2.26 bits per heavy atom. The van der Waals surface area contributed by atoms with Gasteiger partial charge < -0.3 is 14.4 Å². The zero-order chi connectivity index (χ0) is 13.8. The Labute approximate surface area is 118 Å². The fraction of sp³-hybridized carbons (Fsp3) is 0.500. The second-order valence-corrected chi connectivity index (χ2v) is 4.86. The third-order valence-corrected chi connectivity index (χ3v) is 3.30. The molecule has 0 spiro atoms. The van der Waals surface area contributed by atoms with Crippen LogP contribution in [-0.2, 0) is 11.3 Å². The van der Waals surface area contributed by atoms with Crippen LogP contribution >= 0.6 is 11.6 Å². The molecule has 1 aromatic heterocycles. The Hall–Kier alpha value is -1.10. The summed E-state index contributed by atoms with van der Waals surface area (Å²) >= 11 is 6.25. The lowest BCUT2D eigenvalue weighted by Crippen LogP contribution is -2.09. The van der Waals surface area contributed by atoms with E-state index in [0.717, 1.165) is 24.0 Å². The lowest BCUT2D eigenvalue weighted by Gasteiger charge is -2.11. The van der Waals surface area contributed by atoms with Gasteiger partial charge in [-0.1, -0.05) is 17.7 Å². The fourth-order valence-electron chi connectivity index (χ4n) is 2.17. The van der Waals surface area contributed by atoms with Crippen molar-refractivity contribution in [2.45, 2.75) is 32.9 Å². The van der Waals surface area contributed by atoms with E-state index in [-0.39, 0.29) is 0 Å². The number of benzene rings is 1. The summed E-state index contributed by atoms with van der Waals surface area (Å²) in [4.78, 5) is 4.46. The second-order valence-electron chi connectivity index (χ2n) is 4.46. The van der Waals surface area contributed by atoms with Gasteiger partial charge in [-0.15, -0.1) is 0 Å². The molecule has 1 heterocycles. The van der Waals surface area contributed by atoms with Crippen molar-refractivity contribution in [2.75, 3.05) is 13.2 Å². The number of aliphatic hydroxyl groups excluding tert-OH is 1. The van der Waals surface area contributed by atoms with Crippen LogP contribution in [0.2, 0.25) is 5.02 Å². The highest BCUT2D eigenvalue weighted by molar-refractivity contribution is 6.35. The maximum Gasteiger partial charge on any atom is 0.138 e. The smallest absolute Gasteiger partial charge is 0.138 e. The van der Waals surface area contributed by atoms with Gasteiger partial charge in [-0.2, -0.15) is 0 Å². The van der Waals surface area contributed by atoms with Crippen LogP contribution in [-0.4, -0.2) is 27.9 Å². The van der Waals surface area contributed by atoms with Gasteiger partial charge >= 0.3 is 0 Å². The van der Waals surface area contributed by atoms with E-state index in [1.807, 2.05) is 29.7 Å². The lowest BCUT2D eigenvalue weighted by atomic mass is 10.3. The number of fused-ring (bicyclic) bond motifs is 1. The van der Waals surface area contributed by atoms with Crippen LogP contribution in [0.1, 0.15) is 32.2 Å². The number of halogens is 1. The van der Waals surface area contributed by atoms with Crippen molar-refractivity contribution in [3.8, 4) is 0 Å². The third-order valence-electron chi connectivity index (χ3n) is 3.00. The molecule has 0 radical (unpaired) electrons. The van der Waals surface area contributed by atoms with Gasteiger partial charge in [0.25, 0.3) is 0 Å². The van der Waals surface area contributed by atoms with E-state index >= 15 is 0 Å². The first kappa shape index (κ1) is 14.3. The predicted octanol–water partition coefficient (Wildman–Crippen LogP) is 3.17. The summed E-state index contributed by atoms with van der Waals surface area (Å²) in [7, 11) is 0. The topological polar surface area (TPSA) is 47.3 Å². The molecule has 2 aromatic rings. The highest BCUT2D eigenvalue weighted by atomic mass is 35.5. The molecule has 4 nitrogen and oxygen atoms in total. The SMILES string of the molecule is CCOCCCn1c([C@H](C)O)nc2cccc(Cl)c21. The van der Waals surface area contributed by atoms with Crippen LogP contribution in [0.3, 0.4) is 0 Å². The second kappa shape index (κ2) is 6.37. The Morgan fingerprint density at radius 1 is 1.47 bits per heavy atom. The maximum atomic E-state index is 9.84. The lowest BCUT2D eigenvalue weighted by molar-refractivity contribution is 0.139. The molecule has 0 amide bonds. The van der Waals surface area contributed by atoms with E-state index in [9.17, 15) is 5.11 Å². The highest BCUT2D eigenvalue weighted by Crippen LogP contribution is 2.27. The van der Waals surface area contributed by atoms with E-state index in [1.54, 1.807) is 6.92 Å². The summed E-state index contributed by atoms with van der Waals surface area (Å²) in [5.74, 6) is 0.652. The molecule has 1 N–H and O–H groups in total. The number of nitrogens with zero attached hydrogens (tertiary/aromatic N) is 2. The van der Waals surface area contributed by atoms with Crippen molar-refractivity contribution >= 4 is 22.6 Å². The molecule has 19 heavy (non-hydrogen) atoms. The van der Waals surface area contributed by atoms with Gasteiger partial charge in [-0.05, 0) is 32.4 Å². The van der Waals surface area contributed by atoms with E-state index in [0.29, 0.717) is 24.1 Å². The van der Waals surface area contributed by atoms with E-state index < -0.39 is 6.10 Å². The standard InChI is InChI=1S/C14H19ClN2O2/c1-3-19-9-5-8-17-13-11(15)6-4-7-12(13)16-14(17)10(2)18/h4,6-7,10,18H,3,5,8-9H2,1-2H3/t10-/m0/s1. The number of para-hydroxylation sites is 1. The predicted molar refractivity (Wildman–Crippen MR) is 76.5 cm³/mol. The summed E-state index contributed by atoms with van der Waals surface area (Å²) in [6.45, 7) is 5.84. The minimum absolute atomic E-state index is 0.615. The molecule has 104 valence electrons. The largest absolute Gasteiger partial charge is 0.385 e. The molecular weight excluding hydrogens is 264 g/mol. The van der Waals surface area contributed by atoms with Crippen LogP contribution in [0.4, 0.5) is 0 Å². The normalized spacial score (nSPS) is 13.1. The first-order chi connectivity index (χ1) is 9.15. The van der Waals surface area contributed by atoms with E-state index in [2.05, 4.69) is 4.98 Å². The zero-order valence-corrected chi connectivity index (χ0v) is 12.0. The summed E-state index contributed by atoms with van der Waals surface area (Å²) in [5.41, 5.74) is 1.70. The van der Waals surface area contributed by atoms with Gasteiger partial charge in [-0.3, -0.25) is 0 Å². The summed E-state index contributed by atoms with van der Waals surface area (Å²) in [6.07, 6.45) is 0.250. The molecule has 0 aliphatic heterocycles. The van der Waals surface area contributed by atoms with Crippen LogP contribution < -0.4 is 0 Å². The van der Waals surface area contributed by atoms with Gasteiger partial charge in [0.2, 0.25) is 0 Å². The van der Waals surface area contributed by atoms with Crippen LogP contribution in [0.25, 0.3) is 11.0 Å². The monoisotopic (exact) mass is 282 g/mol. The number of aryl methyl sites for hydroxylation is 1. The van der Waals surface area contributed by atoms with Crippen molar-refractivity contribution in [3.05, 3.63) is 29.0 Å². The van der Waals surface area contributed by atoms with Crippen LogP contribution in [0.15, 0.2) is 18.2 Å². The van der Waals surface area contributed by atoms with Crippen LogP contribution in [0.5, 0.6) is 0 Å². The molecule has 2 rings (SSSR count). The minimum Gasteiger partial charge on any atom is -0.385 e. The molecular formula is C14H19ClN2O2. The van der Waals surface area contributed by atoms with Gasteiger partial charge in [0.05, 0.1) is 16.1 Å². The zero-order valence-electron chi connectivity index (χ0n) is 11.3. The summed E-state index contributed by atoms with van der Waals surface area (Å²) < 4.78 is 7.33. The van der Waals surface area contributed by atoms with Gasteiger partial charge in [0, 0.05) is 19.8 Å². The number of aliphatic hydroxyl groups is 1. The van der Waals surface area contributed by atoms with Crippen molar-refractivity contribution in [1.29, 1.82) is 0 Å². The quantitative estimate of drug-likeness (QED) is 0.828. The minimum atomic E-state index is -0.615. The van der Waals surface area contributed by atoms with Gasteiger partial charge in [0.15, 0.2) is 0 Å². The molecule has 0 unspecified atom stereocenters. The number of aromatic nitrogens is 2. The number of hydrogen-bond acceptors (Lipinski definition) is 3. The molecule has 0 fully saturated rings. The Bertz CT molecular complexity index is 552. The van der Waals surface area contributed by atoms with Crippen molar-refractivity contribution in [1.82, 2.24) is 9.55 Å². The number of ether oxygens (including phenoxy) is 1. The van der Waals surface area contributed by atoms with Crippen molar-refractivity contribution in [2.24, 2.45) is 0 Å². The molecule has 0 saturated carbocycles. The van der Waals surface area contributed by atoms with Crippen LogP contribution in [0, 0.1) is 0 Å². The van der Waals surface area contributed by atoms with Crippen molar-refractivity contribution in [3.63, 3.8) is 0 Å². The average molecular weight is 283 g/mol. The number of imidazole rings is 1. The van der Waals surface area contributed by atoms with E-state index in [4.69, 9.17) is 16.3 Å². The molecule has 0 saturated heterocycles. The molecule has 0 aliphatic rings. The molecule has 1 aromatic carbocycles. The molecule has 0 aliphatic carbocycles. The maximum absolute atomic E-state index is 9.84. The van der Waals surface area contributed by atoms with Gasteiger partial charge in [-0.25, -0.2) is 4.98 Å². The number of rotatable bonds is 6. The summed E-state index contributed by atoms with van der Waals surface area (Å²) in [6, 6.07) is 5.62. The average Bonchev–Trinajstić information content (AvgIpc) is 2.75. The van der Waals surface area contributed by atoms with Crippen molar-refractivity contribution < 1.29 is 9.84 Å². The fourth-order valence-corrected chi connectivity index (χ4v) is 2.45. The highest BCUT2D eigenvalue weighted by Gasteiger charge is 2.16. The Balaban J connectivity index is 2.34. The Morgan fingerprint density at radius 3 is 2.95 bits per heavy atom. The summed E-state index contributed by atoms with van der Waals surface area (Å²) in [5, 5.41) is 10.5. The first-order valence-electron chi connectivity index (χ1n) is 6.55. The van der Waals surface area contributed by atoms with E-state index in [1.165, 1.54) is 0 Å².